The summed E-state index contributed by atoms with van der Waals surface area (Å²) in [4.78, 5) is 8.25. The van der Waals surface area contributed by atoms with Gasteiger partial charge in [-0.3, -0.25) is 0 Å². The highest BCUT2D eigenvalue weighted by molar-refractivity contribution is 5.85. The maximum absolute atomic E-state index is 10.1. The standard InChI is InChI=1S/C12H16NO3.NO3/c1-13-6-8-10(15-2)4-5-11(16-3)12(8)9(14)7-13;2-1(3)4/h4-6,9,14H,7H2,1-3H3;/q+1;-1. The summed E-state index contributed by atoms with van der Waals surface area (Å²) in [6.45, 7) is 0.566. The van der Waals surface area contributed by atoms with Crippen LogP contribution in [0.1, 0.15) is 17.2 Å². The van der Waals surface area contributed by atoms with Gasteiger partial charge in [-0.15, -0.1) is 0 Å². The molecule has 1 heterocycles. The number of β-amino-alcohol motifs (C(OH)–C–C–N with tert-alkyl or cyclic N) is 1. The van der Waals surface area contributed by atoms with Crippen molar-refractivity contribution in [2.75, 3.05) is 27.8 Å². The summed E-state index contributed by atoms with van der Waals surface area (Å²) < 4.78 is 12.5. The van der Waals surface area contributed by atoms with Crippen LogP contribution in [0.15, 0.2) is 12.1 Å². The van der Waals surface area contributed by atoms with E-state index in [1.807, 2.05) is 30.0 Å². The molecule has 0 aliphatic carbocycles. The molecule has 0 spiro atoms. The van der Waals surface area contributed by atoms with Crippen LogP contribution >= 0.6 is 0 Å². The van der Waals surface area contributed by atoms with Gasteiger partial charge in [0.25, 0.3) is 0 Å². The molecular weight excluding hydrogens is 268 g/mol. The van der Waals surface area contributed by atoms with Crippen molar-refractivity contribution in [3.05, 3.63) is 38.6 Å². The highest BCUT2D eigenvalue weighted by atomic mass is 16.9. The SMILES string of the molecule is COc1ccc(OC)c2c1C=[N+](C)CC2O.O=[N+]([O-])[O-]. The lowest BCUT2D eigenvalue weighted by Crippen LogP contribution is -2.24. The van der Waals surface area contributed by atoms with Crippen LogP contribution in [0.3, 0.4) is 0 Å². The summed E-state index contributed by atoms with van der Waals surface area (Å²) in [5.41, 5.74) is 1.70. The summed E-state index contributed by atoms with van der Waals surface area (Å²) in [6.07, 6.45) is 1.42. The minimum absolute atomic E-state index is 0.546. The van der Waals surface area contributed by atoms with Crippen molar-refractivity contribution in [1.82, 2.24) is 0 Å². The fourth-order valence-electron chi connectivity index (χ4n) is 2.07. The number of benzene rings is 1. The third-order valence-corrected chi connectivity index (χ3v) is 2.79. The summed E-state index contributed by atoms with van der Waals surface area (Å²) in [6, 6.07) is 3.67. The molecule has 0 saturated carbocycles. The molecule has 110 valence electrons. The van der Waals surface area contributed by atoms with Gasteiger partial charge in [-0.2, -0.15) is 0 Å². The predicted molar refractivity (Wildman–Crippen MR) is 71.1 cm³/mol. The largest absolute Gasteiger partial charge is 0.496 e. The zero-order chi connectivity index (χ0) is 15.3. The van der Waals surface area contributed by atoms with Crippen LogP contribution in [-0.2, 0) is 0 Å². The van der Waals surface area contributed by atoms with E-state index in [2.05, 4.69) is 0 Å². The lowest BCUT2D eigenvalue weighted by atomic mass is 9.98. The third kappa shape index (κ3) is 3.58. The molecule has 0 fully saturated rings. The maximum Gasteiger partial charge on any atom is 0.174 e. The monoisotopic (exact) mass is 284 g/mol. The van der Waals surface area contributed by atoms with Crippen molar-refractivity contribution in [1.29, 1.82) is 0 Å². The molecule has 1 aromatic carbocycles. The molecule has 2 rings (SSSR count). The summed E-state index contributed by atoms with van der Waals surface area (Å²) in [5.74, 6) is 1.45. The maximum atomic E-state index is 10.1. The minimum atomic E-state index is -1.75. The quantitative estimate of drug-likeness (QED) is 0.483. The number of likely N-dealkylation sites (N-methyl/N-ethyl adjacent to an activating group) is 1. The summed E-state index contributed by atoms with van der Waals surface area (Å²) >= 11 is 0. The van der Waals surface area contributed by atoms with Crippen LogP contribution in [0, 0.1) is 15.3 Å². The molecule has 1 unspecified atom stereocenters. The first-order valence-corrected chi connectivity index (χ1v) is 5.70. The Kier molecular flexibility index (Phi) is 5.27. The second kappa shape index (κ2) is 6.71. The Balaban J connectivity index is 0.000000444. The van der Waals surface area contributed by atoms with E-state index in [4.69, 9.17) is 24.8 Å². The van der Waals surface area contributed by atoms with Crippen LogP contribution in [-0.4, -0.2) is 48.8 Å². The molecule has 0 amide bonds. The molecule has 1 N–H and O–H groups in total. The average Bonchev–Trinajstić information content (AvgIpc) is 2.36. The molecular formula is C12H16N2O6. The van der Waals surface area contributed by atoms with Crippen LogP contribution in [0.25, 0.3) is 0 Å². The van der Waals surface area contributed by atoms with Gasteiger partial charge in [0, 0.05) is 5.56 Å². The zero-order valence-corrected chi connectivity index (χ0v) is 11.4. The Labute approximate surface area is 115 Å². The van der Waals surface area contributed by atoms with Gasteiger partial charge in [0.15, 0.2) is 12.8 Å². The number of ether oxygens (including phenoxy) is 2. The van der Waals surface area contributed by atoms with E-state index in [0.29, 0.717) is 12.3 Å². The Morgan fingerprint density at radius 2 is 1.80 bits per heavy atom. The van der Waals surface area contributed by atoms with E-state index >= 15 is 0 Å². The van der Waals surface area contributed by atoms with Crippen molar-refractivity contribution >= 4 is 6.21 Å². The topological polar surface area (TPSA) is 108 Å². The van der Waals surface area contributed by atoms with Gasteiger partial charge in [0.05, 0.1) is 24.9 Å². The van der Waals surface area contributed by atoms with Crippen molar-refractivity contribution in [3.8, 4) is 11.5 Å². The molecule has 8 heteroatoms. The fraction of sp³-hybridized carbons (Fsp3) is 0.417. The summed E-state index contributed by atoms with van der Waals surface area (Å²) in [7, 11) is 5.15. The molecule has 0 aromatic heterocycles. The first-order valence-electron chi connectivity index (χ1n) is 5.70. The predicted octanol–water partition coefficient (Wildman–Crippen LogP) is 0.573. The number of aliphatic hydroxyl groups is 1. The molecule has 8 nitrogen and oxygen atoms in total. The number of aliphatic hydroxyl groups excluding tert-OH is 1. The Hall–Kier alpha value is -2.35. The number of methoxy groups -OCH3 is 2. The van der Waals surface area contributed by atoms with E-state index < -0.39 is 11.2 Å². The average molecular weight is 284 g/mol. The highest BCUT2D eigenvalue weighted by Crippen LogP contribution is 2.35. The smallest absolute Gasteiger partial charge is 0.174 e. The van der Waals surface area contributed by atoms with E-state index in [1.54, 1.807) is 14.2 Å². The Bertz CT molecular complexity index is 525. The van der Waals surface area contributed by atoms with E-state index in [1.165, 1.54) is 0 Å². The second-order valence-electron chi connectivity index (χ2n) is 4.11. The minimum Gasteiger partial charge on any atom is -0.496 e. The van der Waals surface area contributed by atoms with E-state index in [9.17, 15) is 5.11 Å². The van der Waals surface area contributed by atoms with Gasteiger partial charge < -0.3 is 29.9 Å². The van der Waals surface area contributed by atoms with E-state index in [-0.39, 0.29) is 0 Å². The first-order chi connectivity index (χ1) is 9.40. The number of rotatable bonds is 2. The first kappa shape index (κ1) is 15.7. The third-order valence-electron chi connectivity index (χ3n) is 2.79. The molecule has 0 radical (unpaired) electrons. The van der Waals surface area contributed by atoms with Gasteiger partial charge in [0.1, 0.15) is 24.7 Å². The molecule has 1 aromatic rings. The van der Waals surface area contributed by atoms with Crippen LogP contribution in [0.2, 0.25) is 0 Å². The van der Waals surface area contributed by atoms with Gasteiger partial charge in [-0.25, -0.2) is 4.58 Å². The molecule has 1 aliphatic rings. The normalized spacial score (nSPS) is 16.2. The highest BCUT2D eigenvalue weighted by Gasteiger charge is 2.28. The summed E-state index contributed by atoms with van der Waals surface area (Å²) in [5, 5.41) is 24.8. The Morgan fingerprint density at radius 3 is 2.30 bits per heavy atom. The molecule has 1 aliphatic heterocycles. The van der Waals surface area contributed by atoms with Gasteiger partial charge in [0.2, 0.25) is 0 Å². The van der Waals surface area contributed by atoms with Gasteiger partial charge in [-0.05, 0) is 12.1 Å². The van der Waals surface area contributed by atoms with Crippen molar-refractivity contribution in [3.63, 3.8) is 0 Å². The van der Waals surface area contributed by atoms with Crippen molar-refractivity contribution in [2.45, 2.75) is 6.10 Å². The molecule has 20 heavy (non-hydrogen) atoms. The fourth-order valence-corrected chi connectivity index (χ4v) is 2.07. The second-order valence-corrected chi connectivity index (χ2v) is 4.11. The van der Waals surface area contributed by atoms with Crippen LogP contribution < -0.4 is 9.47 Å². The lowest BCUT2D eigenvalue weighted by Gasteiger charge is -2.20. The lowest BCUT2D eigenvalue weighted by molar-refractivity contribution is -0.505. The van der Waals surface area contributed by atoms with Crippen molar-refractivity contribution in [2.24, 2.45) is 0 Å². The van der Waals surface area contributed by atoms with Crippen LogP contribution in [0.4, 0.5) is 0 Å². The number of hydrogen-bond donors (Lipinski definition) is 1. The van der Waals surface area contributed by atoms with Crippen LogP contribution in [0.5, 0.6) is 11.5 Å². The van der Waals surface area contributed by atoms with Crippen molar-refractivity contribution < 1.29 is 24.2 Å². The number of fused-ring (bicyclic) bond motifs is 1. The molecule has 0 bridgehead atoms. The molecule has 1 atom stereocenters. The zero-order valence-electron chi connectivity index (χ0n) is 11.4. The van der Waals surface area contributed by atoms with E-state index in [0.717, 1.165) is 16.9 Å². The number of hydrogen-bond acceptors (Lipinski definition) is 6. The Morgan fingerprint density at radius 1 is 1.30 bits per heavy atom. The molecule has 0 saturated heterocycles. The number of nitrogens with zero attached hydrogens (tertiary/aromatic N) is 2. The van der Waals surface area contributed by atoms with Gasteiger partial charge in [-0.1, -0.05) is 0 Å². The van der Waals surface area contributed by atoms with Gasteiger partial charge >= 0.3 is 0 Å².